The van der Waals surface area contributed by atoms with Crippen molar-refractivity contribution < 1.29 is 23.8 Å². The fraction of sp³-hybridized carbons (Fsp3) is 0.368. The number of carbonyl (C=O) groups is 2. The molecule has 0 saturated heterocycles. The molecular formula is C19H22N4O5S. The highest BCUT2D eigenvalue weighted by Crippen LogP contribution is 2.33. The third kappa shape index (κ3) is 4.32. The lowest BCUT2D eigenvalue weighted by Crippen LogP contribution is -2.23. The van der Waals surface area contributed by atoms with Crippen LogP contribution in [0.15, 0.2) is 29.4 Å². The normalized spacial score (nSPS) is 11.7. The van der Waals surface area contributed by atoms with Gasteiger partial charge < -0.3 is 18.8 Å². The molecule has 9 nitrogen and oxygen atoms in total. The van der Waals surface area contributed by atoms with Gasteiger partial charge in [0.2, 0.25) is 0 Å². The molecule has 1 aromatic carbocycles. The molecule has 3 aromatic rings. The Labute approximate surface area is 171 Å². The van der Waals surface area contributed by atoms with Crippen LogP contribution in [-0.4, -0.2) is 47.1 Å². The summed E-state index contributed by atoms with van der Waals surface area (Å²) in [6.45, 7) is 4.50. The predicted octanol–water partition coefficient (Wildman–Crippen LogP) is 2.24. The topological polar surface area (TPSA) is 96.9 Å². The highest BCUT2D eigenvalue weighted by Gasteiger charge is 2.17. The lowest BCUT2D eigenvalue weighted by atomic mass is 10.3. The molecule has 0 bridgehead atoms. The summed E-state index contributed by atoms with van der Waals surface area (Å²) in [5.74, 6) is 0.144. The largest absolute Gasteiger partial charge is 0.493 e. The zero-order valence-corrected chi connectivity index (χ0v) is 17.5. The molecule has 2 heterocycles. The molecule has 0 radical (unpaired) electrons. The first-order valence-corrected chi connectivity index (χ1v) is 9.85. The molecule has 0 unspecified atom stereocenters. The third-order valence-electron chi connectivity index (χ3n) is 4.16. The maximum atomic E-state index is 12.6. The summed E-state index contributed by atoms with van der Waals surface area (Å²) >= 11 is 1.27. The van der Waals surface area contributed by atoms with E-state index in [4.69, 9.17) is 14.2 Å². The Kier molecular flexibility index (Phi) is 6.32. The van der Waals surface area contributed by atoms with Gasteiger partial charge in [0, 0.05) is 24.9 Å². The van der Waals surface area contributed by atoms with Crippen LogP contribution in [0.4, 0.5) is 0 Å². The second kappa shape index (κ2) is 8.91. The number of methoxy groups -OCH3 is 2. The molecular weight excluding hydrogens is 396 g/mol. The number of aromatic nitrogens is 3. The van der Waals surface area contributed by atoms with Gasteiger partial charge in [-0.05, 0) is 19.9 Å². The average molecular weight is 418 g/mol. The molecule has 0 aliphatic heterocycles. The van der Waals surface area contributed by atoms with Crippen LogP contribution >= 0.6 is 11.3 Å². The summed E-state index contributed by atoms with van der Waals surface area (Å²) in [6, 6.07) is 5.15. The smallest absolute Gasteiger partial charge is 0.326 e. The molecule has 10 heteroatoms. The molecule has 154 valence electrons. The Hall–Kier alpha value is -3.14. The Bertz CT molecular complexity index is 1110. The number of hydrogen-bond donors (Lipinski definition) is 0. The van der Waals surface area contributed by atoms with E-state index in [0.29, 0.717) is 28.4 Å². The van der Waals surface area contributed by atoms with Crippen LogP contribution in [0.1, 0.15) is 24.3 Å². The van der Waals surface area contributed by atoms with Gasteiger partial charge in [0.1, 0.15) is 6.54 Å². The second-order valence-corrected chi connectivity index (χ2v) is 6.93. The number of fused-ring (bicyclic) bond motifs is 1. The number of hydrogen-bond acceptors (Lipinski definition) is 7. The molecule has 0 fully saturated rings. The molecule has 0 saturated carbocycles. The van der Waals surface area contributed by atoms with E-state index in [1.165, 1.54) is 18.4 Å². The molecule has 0 aliphatic carbocycles. The van der Waals surface area contributed by atoms with Gasteiger partial charge in [-0.2, -0.15) is 10.1 Å². The van der Waals surface area contributed by atoms with Crippen molar-refractivity contribution in [3.8, 4) is 11.5 Å². The Balaban J connectivity index is 2.15. The van der Waals surface area contributed by atoms with Crippen LogP contribution in [0.2, 0.25) is 0 Å². The van der Waals surface area contributed by atoms with Gasteiger partial charge in [-0.25, -0.2) is 0 Å². The van der Waals surface area contributed by atoms with Crippen molar-refractivity contribution in [3.63, 3.8) is 0 Å². The minimum Gasteiger partial charge on any atom is -0.493 e. The molecule has 0 N–H and O–H groups in total. The Morgan fingerprint density at radius 1 is 1.17 bits per heavy atom. The summed E-state index contributed by atoms with van der Waals surface area (Å²) in [5, 5.41) is 4.19. The van der Waals surface area contributed by atoms with E-state index in [-0.39, 0.29) is 18.8 Å². The van der Waals surface area contributed by atoms with E-state index in [2.05, 4.69) is 10.1 Å². The summed E-state index contributed by atoms with van der Waals surface area (Å²) in [5.41, 5.74) is 0.925. The van der Waals surface area contributed by atoms with E-state index < -0.39 is 11.9 Å². The van der Waals surface area contributed by atoms with Gasteiger partial charge in [-0.3, -0.25) is 14.3 Å². The molecule has 0 spiro atoms. The van der Waals surface area contributed by atoms with E-state index in [9.17, 15) is 9.59 Å². The number of rotatable bonds is 7. The highest BCUT2D eigenvalue weighted by atomic mass is 32.1. The third-order valence-corrected chi connectivity index (χ3v) is 5.20. The number of thiazole rings is 1. The van der Waals surface area contributed by atoms with E-state index in [1.54, 1.807) is 47.7 Å². The molecule has 0 aliphatic rings. The highest BCUT2D eigenvalue weighted by molar-refractivity contribution is 7.16. The van der Waals surface area contributed by atoms with Crippen LogP contribution in [0.5, 0.6) is 11.5 Å². The fourth-order valence-electron chi connectivity index (χ4n) is 2.77. The quantitative estimate of drug-likeness (QED) is 0.546. The zero-order valence-electron chi connectivity index (χ0n) is 16.7. The minimum atomic E-state index is -0.486. The van der Waals surface area contributed by atoms with Crippen LogP contribution in [0, 0.1) is 0 Å². The van der Waals surface area contributed by atoms with Crippen molar-refractivity contribution >= 4 is 33.4 Å². The van der Waals surface area contributed by atoms with Gasteiger partial charge >= 0.3 is 5.97 Å². The van der Waals surface area contributed by atoms with Crippen LogP contribution in [0.3, 0.4) is 0 Å². The maximum Gasteiger partial charge on any atom is 0.326 e. The molecule has 29 heavy (non-hydrogen) atoms. The van der Waals surface area contributed by atoms with Gasteiger partial charge in [0.25, 0.3) is 5.91 Å². The number of ether oxygens (including phenoxy) is 3. The van der Waals surface area contributed by atoms with Crippen LogP contribution in [0.25, 0.3) is 10.2 Å². The van der Waals surface area contributed by atoms with Crippen molar-refractivity contribution in [2.24, 2.45) is 4.99 Å². The monoisotopic (exact) mass is 418 g/mol. The van der Waals surface area contributed by atoms with Gasteiger partial charge in [-0.15, -0.1) is 0 Å². The first-order valence-electron chi connectivity index (χ1n) is 9.04. The minimum absolute atomic E-state index is 0.0845. The Morgan fingerprint density at radius 3 is 2.52 bits per heavy atom. The molecule has 1 amide bonds. The SMILES string of the molecule is CCOC(=O)Cn1c(=NC(=O)c2ccn(CC)n2)sc2cc(OC)c(OC)cc21. The van der Waals surface area contributed by atoms with Crippen LogP contribution < -0.4 is 14.3 Å². The van der Waals surface area contributed by atoms with Crippen molar-refractivity contribution in [2.45, 2.75) is 26.9 Å². The summed E-state index contributed by atoms with van der Waals surface area (Å²) in [4.78, 5) is 29.3. The summed E-state index contributed by atoms with van der Waals surface area (Å²) < 4.78 is 19.9. The number of esters is 1. The van der Waals surface area contributed by atoms with Crippen molar-refractivity contribution in [1.82, 2.24) is 14.3 Å². The maximum absolute atomic E-state index is 12.6. The van der Waals surface area contributed by atoms with E-state index in [1.807, 2.05) is 6.92 Å². The lowest BCUT2D eigenvalue weighted by molar-refractivity contribution is -0.143. The standard InChI is InChI=1S/C19H22N4O5S/c1-5-22-8-7-12(21-22)18(25)20-19-23(11-17(24)28-6-2)13-9-14(26-3)15(27-4)10-16(13)29-19/h7-10H,5-6,11H2,1-4H3. The Morgan fingerprint density at radius 2 is 1.90 bits per heavy atom. The summed E-state index contributed by atoms with van der Waals surface area (Å²) in [7, 11) is 3.08. The van der Waals surface area contributed by atoms with Crippen molar-refractivity contribution in [1.29, 1.82) is 0 Å². The number of aryl methyl sites for hydroxylation is 1. The lowest BCUT2D eigenvalue weighted by Gasteiger charge is -2.09. The molecule has 3 rings (SSSR count). The van der Waals surface area contributed by atoms with Gasteiger partial charge in [0.15, 0.2) is 22.0 Å². The number of amides is 1. The van der Waals surface area contributed by atoms with Gasteiger partial charge in [0.05, 0.1) is 31.0 Å². The van der Waals surface area contributed by atoms with E-state index >= 15 is 0 Å². The molecule has 2 aromatic heterocycles. The summed E-state index contributed by atoms with van der Waals surface area (Å²) in [6.07, 6.45) is 1.72. The van der Waals surface area contributed by atoms with Crippen molar-refractivity contribution in [2.75, 3.05) is 20.8 Å². The zero-order chi connectivity index (χ0) is 21.0. The first kappa shape index (κ1) is 20.6. The molecule has 0 atom stereocenters. The van der Waals surface area contributed by atoms with Gasteiger partial charge in [-0.1, -0.05) is 11.3 Å². The average Bonchev–Trinajstić information content (AvgIpc) is 3.32. The number of nitrogens with zero attached hydrogens (tertiary/aromatic N) is 4. The van der Waals surface area contributed by atoms with Crippen molar-refractivity contribution in [3.05, 3.63) is 34.9 Å². The van der Waals surface area contributed by atoms with Crippen LogP contribution in [-0.2, 0) is 22.6 Å². The first-order chi connectivity index (χ1) is 14.0. The van der Waals surface area contributed by atoms with E-state index in [0.717, 1.165) is 4.70 Å². The fourth-order valence-corrected chi connectivity index (χ4v) is 3.80. The predicted molar refractivity (Wildman–Crippen MR) is 107 cm³/mol. The number of carbonyl (C=O) groups excluding carboxylic acids is 2. The number of benzene rings is 1. The second-order valence-electron chi connectivity index (χ2n) is 5.92.